The molecule has 0 atom stereocenters. The van der Waals surface area contributed by atoms with Crippen LogP contribution in [0.1, 0.15) is 89.3 Å². The van der Waals surface area contributed by atoms with Gasteiger partial charge in [-0.2, -0.15) is 10.5 Å². The molecule has 0 saturated heterocycles. The summed E-state index contributed by atoms with van der Waals surface area (Å²) in [4.78, 5) is 0. The highest BCUT2D eigenvalue weighted by Crippen LogP contribution is 2.70. The van der Waals surface area contributed by atoms with Crippen LogP contribution in [0.5, 0.6) is 0 Å². The van der Waals surface area contributed by atoms with E-state index in [0.717, 1.165) is 12.8 Å². The Morgan fingerprint density at radius 2 is 1.03 bits per heavy atom. The number of allylic oxidation sites excluding steroid dienone is 2. The largest absolute Gasteiger partial charge is 0.339 e. The minimum Gasteiger partial charge on any atom is -0.339 e. The third kappa shape index (κ3) is 2.77. The van der Waals surface area contributed by atoms with Gasteiger partial charge in [0.2, 0.25) is 0 Å². The minimum absolute atomic E-state index is 0.0357. The van der Waals surface area contributed by atoms with Crippen molar-refractivity contribution in [2.75, 3.05) is 0 Å². The monoisotopic (exact) mass is 416 g/mol. The van der Waals surface area contributed by atoms with Gasteiger partial charge in [-0.1, -0.05) is 55.4 Å². The van der Waals surface area contributed by atoms with E-state index in [2.05, 4.69) is 79.7 Å². The Bertz CT molecular complexity index is 1070. The normalized spacial score (nSPS) is 18.8. The van der Waals surface area contributed by atoms with E-state index in [4.69, 9.17) is 0 Å². The van der Waals surface area contributed by atoms with Crippen LogP contribution in [0.2, 0.25) is 0 Å². The Kier molecular flexibility index (Phi) is 5.31. The van der Waals surface area contributed by atoms with Crippen LogP contribution in [0.3, 0.4) is 0 Å². The first kappa shape index (κ1) is 23.0. The zero-order valence-corrected chi connectivity index (χ0v) is 20.9. The van der Waals surface area contributed by atoms with E-state index < -0.39 is 0 Å². The zero-order valence-electron chi connectivity index (χ0n) is 20.9. The lowest BCUT2D eigenvalue weighted by Crippen LogP contribution is -2.39. The highest BCUT2D eigenvalue weighted by atomic mass is 15.0. The number of aromatic nitrogens is 2. The molecule has 31 heavy (non-hydrogen) atoms. The molecule has 3 rings (SSSR count). The summed E-state index contributed by atoms with van der Waals surface area (Å²) in [6, 6.07) is 8.90. The van der Waals surface area contributed by atoms with Gasteiger partial charge < -0.3 is 9.13 Å². The van der Waals surface area contributed by atoms with Gasteiger partial charge >= 0.3 is 0 Å². The molecule has 0 radical (unpaired) electrons. The molecule has 4 heteroatoms. The highest BCUT2D eigenvalue weighted by Gasteiger charge is 2.59. The molecule has 0 unspecified atom stereocenters. The molecule has 0 aliphatic heterocycles. The lowest BCUT2D eigenvalue weighted by atomic mass is 9.57. The maximum atomic E-state index is 9.74. The number of rotatable bonds is 4. The van der Waals surface area contributed by atoms with E-state index in [1.54, 1.807) is 0 Å². The molecule has 2 heterocycles. The first-order valence-corrected chi connectivity index (χ1v) is 11.3. The van der Waals surface area contributed by atoms with Gasteiger partial charge in [-0.3, -0.25) is 0 Å². The average molecular weight is 417 g/mol. The molecular weight excluding hydrogens is 380 g/mol. The molecule has 4 nitrogen and oxygen atoms in total. The summed E-state index contributed by atoms with van der Waals surface area (Å²) in [6.07, 6.45) is 1.72. The van der Waals surface area contributed by atoms with Crippen LogP contribution in [0.4, 0.5) is 0 Å². The first-order valence-electron chi connectivity index (χ1n) is 11.3. The van der Waals surface area contributed by atoms with Crippen molar-refractivity contribution in [3.8, 4) is 12.1 Å². The van der Waals surface area contributed by atoms with Gasteiger partial charge in [-0.25, -0.2) is 0 Å². The van der Waals surface area contributed by atoms with Gasteiger partial charge in [0.25, 0.3) is 0 Å². The molecule has 1 aliphatic rings. The second-order valence-electron chi connectivity index (χ2n) is 10.5. The van der Waals surface area contributed by atoms with Crippen LogP contribution < -0.4 is 0 Å². The molecule has 164 valence electrons. The highest BCUT2D eigenvalue weighted by molar-refractivity contribution is 6.00. The van der Waals surface area contributed by atoms with Crippen molar-refractivity contribution in [3.05, 3.63) is 46.0 Å². The van der Waals surface area contributed by atoms with Crippen LogP contribution in [-0.4, -0.2) is 9.13 Å². The Morgan fingerprint density at radius 1 is 0.710 bits per heavy atom. The number of hydrogen-bond donors (Lipinski definition) is 0. The molecule has 2 aromatic heterocycles. The zero-order chi connectivity index (χ0) is 23.5. The summed E-state index contributed by atoms with van der Waals surface area (Å²) in [5.74, 6) is 0. The van der Waals surface area contributed by atoms with E-state index >= 15 is 0 Å². The van der Waals surface area contributed by atoms with Gasteiger partial charge in [0.05, 0.1) is 0 Å². The van der Waals surface area contributed by atoms with Gasteiger partial charge in [-0.05, 0) is 52.4 Å². The van der Waals surface area contributed by atoms with Crippen molar-refractivity contribution >= 4 is 11.1 Å². The molecule has 0 aromatic carbocycles. The van der Waals surface area contributed by atoms with Gasteiger partial charge in [0, 0.05) is 36.6 Å². The first-order chi connectivity index (χ1) is 14.3. The number of hydrogen-bond acceptors (Lipinski definition) is 2. The molecule has 0 fully saturated rings. The van der Waals surface area contributed by atoms with Crippen LogP contribution in [0.25, 0.3) is 11.1 Å². The van der Waals surface area contributed by atoms with Crippen LogP contribution in [0.15, 0.2) is 12.1 Å². The summed E-state index contributed by atoms with van der Waals surface area (Å²) in [7, 11) is 3.99. The van der Waals surface area contributed by atoms with Crippen molar-refractivity contribution in [1.29, 1.82) is 10.5 Å². The van der Waals surface area contributed by atoms with E-state index in [9.17, 15) is 10.5 Å². The fraction of sp³-hybridized carbons (Fsp3) is 0.556. The Morgan fingerprint density at radius 3 is 1.29 bits per heavy atom. The minimum atomic E-state index is -0.127. The Balaban J connectivity index is 2.56. The predicted octanol–water partition coefficient (Wildman–Crippen LogP) is 6.23. The SMILES string of the molecule is CCc1c(C2=C(c3cc(C#N)n(C)c3CC)C(C)(C)C(C)(C)C2(C)C)cc(C#N)n1C. The summed E-state index contributed by atoms with van der Waals surface area (Å²) >= 11 is 0. The Labute approximate surface area is 187 Å². The summed E-state index contributed by atoms with van der Waals surface area (Å²) in [5, 5.41) is 19.5. The van der Waals surface area contributed by atoms with Crippen molar-refractivity contribution < 1.29 is 0 Å². The topological polar surface area (TPSA) is 57.4 Å². The quantitative estimate of drug-likeness (QED) is 0.593. The maximum absolute atomic E-state index is 9.74. The standard InChI is InChI=1S/C27H36N4/c1-11-21-19(13-17(15-28)30(21)9)23-24(26(5,6)27(7,8)25(23,3)4)20-14-18(16-29)31(10)22(20)12-2/h13-14H,11-12H2,1-10H3. The molecule has 0 amide bonds. The molecule has 0 spiro atoms. The van der Waals surface area contributed by atoms with E-state index in [1.807, 2.05) is 23.2 Å². The third-order valence-electron chi connectivity index (χ3n) is 8.78. The average Bonchev–Trinajstić information content (AvgIpc) is 3.22. The maximum Gasteiger partial charge on any atom is 0.120 e. The molecule has 0 bridgehead atoms. The summed E-state index contributed by atoms with van der Waals surface area (Å²) in [6.45, 7) is 18.4. The van der Waals surface area contributed by atoms with Gasteiger partial charge in [0.1, 0.15) is 23.5 Å². The van der Waals surface area contributed by atoms with E-state index in [0.29, 0.717) is 11.4 Å². The summed E-state index contributed by atoms with van der Waals surface area (Å²) < 4.78 is 4.08. The van der Waals surface area contributed by atoms with Gasteiger partial charge in [-0.15, -0.1) is 0 Å². The van der Waals surface area contributed by atoms with E-state index in [-0.39, 0.29) is 16.2 Å². The van der Waals surface area contributed by atoms with E-state index in [1.165, 1.54) is 33.7 Å². The van der Waals surface area contributed by atoms with Crippen molar-refractivity contribution in [2.24, 2.45) is 30.3 Å². The van der Waals surface area contributed by atoms with Crippen LogP contribution in [0, 0.1) is 38.9 Å². The van der Waals surface area contributed by atoms with Crippen molar-refractivity contribution in [1.82, 2.24) is 9.13 Å². The number of nitrogens with zero attached hydrogens (tertiary/aromatic N) is 4. The smallest absolute Gasteiger partial charge is 0.120 e. The molecule has 2 aromatic rings. The Hall–Kier alpha value is -2.72. The lowest BCUT2D eigenvalue weighted by Gasteiger charge is -2.46. The molecular formula is C27H36N4. The molecule has 1 aliphatic carbocycles. The predicted molar refractivity (Wildman–Crippen MR) is 127 cm³/mol. The fourth-order valence-electron chi connectivity index (χ4n) is 5.76. The molecule has 0 saturated carbocycles. The third-order valence-corrected chi connectivity index (χ3v) is 8.78. The second-order valence-corrected chi connectivity index (χ2v) is 10.5. The van der Waals surface area contributed by atoms with Crippen LogP contribution in [-0.2, 0) is 26.9 Å². The summed E-state index contributed by atoms with van der Waals surface area (Å²) in [5.41, 5.74) is 8.50. The van der Waals surface area contributed by atoms with Crippen molar-refractivity contribution in [2.45, 2.75) is 68.2 Å². The second kappa shape index (κ2) is 7.16. The lowest BCUT2D eigenvalue weighted by molar-refractivity contribution is 0.0817. The van der Waals surface area contributed by atoms with Crippen LogP contribution >= 0.6 is 0 Å². The fourth-order valence-corrected chi connectivity index (χ4v) is 5.76. The van der Waals surface area contributed by atoms with Gasteiger partial charge in [0.15, 0.2) is 0 Å². The molecule has 0 N–H and O–H groups in total. The van der Waals surface area contributed by atoms with Crippen molar-refractivity contribution in [3.63, 3.8) is 0 Å². The number of nitriles is 2.